The topological polar surface area (TPSA) is 90.2 Å². The van der Waals surface area contributed by atoms with E-state index in [-0.39, 0.29) is 0 Å². The van der Waals surface area contributed by atoms with Crippen molar-refractivity contribution in [3.8, 4) is 0 Å². The van der Waals surface area contributed by atoms with Crippen LogP contribution in [0.4, 0.5) is 0 Å². The van der Waals surface area contributed by atoms with Crippen molar-refractivity contribution in [2.75, 3.05) is 26.4 Å². The molecule has 4 N–H and O–H groups in total. The van der Waals surface area contributed by atoms with Crippen LogP contribution < -0.4 is 0 Å². The monoisotopic (exact) mass is 494 g/mol. The molecule has 4 aliphatic rings. The van der Waals surface area contributed by atoms with Crippen molar-refractivity contribution in [2.24, 2.45) is 47.3 Å². The molecule has 5 nitrogen and oxygen atoms in total. The molecule has 0 aromatic heterocycles. The van der Waals surface area contributed by atoms with Gasteiger partial charge in [-0.05, 0) is 150 Å². The van der Waals surface area contributed by atoms with Crippen LogP contribution in [0.1, 0.15) is 103 Å². The minimum absolute atomic E-state index is 0.311. The Morgan fingerprint density at radius 2 is 0.571 bits per heavy atom. The summed E-state index contributed by atoms with van der Waals surface area (Å²) in [5, 5.41) is 38.8. The van der Waals surface area contributed by atoms with Crippen molar-refractivity contribution >= 4 is 0 Å². The lowest BCUT2D eigenvalue weighted by Crippen LogP contribution is -2.45. The van der Waals surface area contributed by atoms with Crippen LogP contribution in [0.2, 0.25) is 0 Å². The van der Waals surface area contributed by atoms with Crippen molar-refractivity contribution in [3.63, 3.8) is 0 Å². The van der Waals surface area contributed by atoms with Crippen molar-refractivity contribution < 1.29 is 25.2 Å². The van der Waals surface area contributed by atoms with Gasteiger partial charge < -0.3 is 25.2 Å². The van der Waals surface area contributed by atoms with Crippen LogP contribution in [0, 0.1) is 47.3 Å². The zero-order valence-corrected chi connectivity index (χ0v) is 22.1. The highest BCUT2D eigenvalue weighted by molar-refractivity contribution is 4.91. The molecule has 0 saturated heterocycles. The molecule has 0 aromatic carbocycles. The Morgan fingerprint density at radius 3 is 0.743 bits per heavy atom. The van der Waals surface area contributed by atoms with E-state index in [0.29, 0.717) is 86.0 Å². The predicted molar refractivity (Wildman–Crippen MR) is 139 cm³/mol. The number of aliphatic hydroxyl groups excluding tert-OH is 4. The normalized spacial score (nSPS) is 40.8. The van der Waals surface area contributed by atoms with E-state index in [1.807, 2.05) is 0 Å². The van der Waals surface area contributed by atoms with Crippen LogP contribution in [0.3, 0.4) is 0 Å². The molecule has 204 valence electrons. The summed E-state index contributed by atoms with van der Waals surface area (Å²) in [4.78, 5) is 0. The molecule has 0 radical (unpaired) electrons. The van der Waals surface area contributed by atoms with Gasteiger partial charge in [0, 0.05) is 26.4 Å². The maximum atomic E-state index is 9.70. The lowest BCUT2D eigenvalue weighted by atomic mass is 9.69. The van der Waals surface area contributed by atoms with Gasteiger partial charge in [0.25, 0.3) is 0 Å². The Labute approximate surface area is 214 Å². The molecular formula is C30H54O5. The number of hydrogen-bond acceptors (Lipinski definition) is 5. The molecule has 0 unspecified atom stereocenters. The van der Waals surface area contributed by atoms with E-state index < -0.39 is 0 Å². The third-order valence-electron chi connectivity index (χ3n) is 10.8. The SMILES string of the molecule is OCC1CCC(C(OC(C2CCC(CO)CC2)C2CCC(CO)CC2)C2CCC(CO)CC2)CC1. The van der Waals surface area contributed by atoms with Crippen LogP contribution in [0.5, 0.6) is 0 Å². The molecule has 4 saturated carbocycles. The Balaban J connectivity index is 1.49. The fourth-order valence-electron chi connectivity index (χ4n) is 8.19. The van der Waals surface area contributed by atoms with Crippen LogP contribution in [-0.4, -0.2) is 59.1 Å². The van der Waals surface area contributed by atoms with E-state index >= 15 is 0 Å². The summed E-state index contributed by atoms with van der Waals surface area (Å²) in [5.74, 6) is 4.26. The zero-order valence-electron chi connectivity index (χ0n) is 22.1. The summed E-state index contributed by atoms with van der Waals surface area (Å²) in [5.41, 5.74) is 0. The lowest BCUT2D eigenvalue weighted by molar-refractivity contribution is -0.143. The largest absolute Gasteiger partial charge is 0.396 e. The second-order valence-electron chi connectivity index (χ2n) is 12.9. The predicted octanol–water partition coefficient (Wildman–Crippen LogP) is 4.94. The van der Waals surface area contributed by atoms with Crippen LogP contribution in [0.15, 0.2) is 0 Å². The van der Waals surface area contributed by atoms with Crippen LogP contribution in [0.25, 0.3) is 0 Å². The minimum atomic E-state index is 0.311. The highest BCUT2D eigenvalue weighted by Gasteiger charge is 2.42. The lowest BCUT2D eigenvalue weighted by Gasteiger charge is -2.46. The van der Waals surface area contributed by atoms with Gasteiger partial charge in [-0.3, -0.25) is 0 Å². The molecule has 4 rings (SSSR count). The quantitative estimate of drug-likeness (QED) is 0.346. The van der Waals surface area contributed by atoms with Gasteiger partial charge in [-0.25, -0.2) is 0 Å². The Kier molecular flexibility index (Phi) is 11.2. The van der Waals surface area contributed by atoms with Crippen molar-refractivity contribution in [3.05, 3.63) is 0 Å². The van der Waals surface area contributed by atoms with E-state index in [9.17, 15) is 20.4 Å². The number of aliphatic hydroxyl groups is 4. The molecule has 35 heavy (non-hydrogen) atoms. The molecule has 0 amide bonds. The first-order valence-electron chi connectivity index (χ1n) is 15.2. The molecule has 0 aliphatic heterocycles. The molecule has 0 bridgehead atoms. The first kappa shape index (κ1) is 27.8. The van der Waals surface area contributed by atoms with E-state index in [0.717, 1.165) is 51.4 Å². The molecule has 0 aromatic rings. The first-order chi connectivity index (χ1) is 17.1. The zero-order chi connectivity index (χ0) is 24.6. The van der Waals surface area contributed by atoms with Gasteiger partial charge in [0.1, 0.15) is 0 Å². The molecule has 0 atom stereocenters. The van der Waals surface area contributed by atoms with E-state index in [4.69, 9.17) is 4.74 Å². The van der Waals surface area contributed by atoms with E-state index in [1.54, 1.807) is 0 Å². The molecule has 0 spiro atoms. The van der Waals surface area contributed by atoms with E-state index in [1.165, 1.54) is 51.4 Å². The fraction of sp³-hybridized carbons (Fsp3) is 1.00. The van der Waals surface area contributed by atoms with Crippen LogP contribution >= 0.6 is 0 Å². The summed E-state index contributed by atoms with van der Waals surface area (Å²) >= 11 is 0. The van der Waals surface area contributed by atoms with Crippen LogP contribution in [-0.2, 0) is 4.74 Å². The molecule has 4 aliphatic carbocycles. The minimum Gasteiger partial charge on any atom is -0.396 e. The standard InChI is InChI=1S/C30H54O5/c31-17-21-1-9-25(10-2-21)29(26-11-3-22(18-32)4-12-26)35-30(27-13-5-23(19-33)6-14-27)28-15-7-24(20-34)8-16-28/h21-34H,1-20H2. The smallest absolute Gasteiger partial charge is 0.0635 e. The maximum Gasteiger partial charge on any atom is 0.0635 e. The van der Waals surface area contributed by atoms with Gasteiger partial charge in [-0.1, -0.05) is 0 Å². The van der Waals surface area contributed by atoms with E-state index in [2.05, 4.69) is 0 Å². The molecule has 0 heterocycles. The van der Waals surface area contributed by atoms with Gasteiger partial charge >= 0.3 is 0 Å². The molecular weight excluding hydrogens is 440 g/mol. The molecule has 5 heteroatoms. The number of ether oxygens (including phenoxy) is 1. The van der Waals surface area contributed by atoms with Gasteiger partial charge in [0.05, 0.1) is 12.2 Å². The van der Waals surface area contributed by atoms with Crippen molar-refractivity contribution in [1.29, 1.82) is 0 Å². The Hall–Kier alpha value is -0.200. The second kappa shape index (κ2) is 14.1. The highest BCUT2D eigenvalue weighted by atomic mass is 16.5. The number of rotatable bonds is 10. The third kappa shape index (κ3) is 7.44. The third-order valence-corrected chi connectivity index (χ3v) is 10.8. The average Bonchev–Trinajstić information content (AvgIpc) is 2.94. The number of hydrogen-bond donors (Lipinski definition) is 4. The Morgan fingerprint density at radius 1 is 0.371 bits per heavy atom. The average molecular weight is 495 g/mol. The van der Waals surface area contributed by atoms with Gasteiger partial charge in [0.15, 0.2) is 0 Å². The fourth-order valence-corrected chi connectivity index (χ4v) is 8.19. The highest BCUT2D eigenvalue weighted by Crippen LogP contribution is 2.45. The summed E-state index contributed by atoms with van der Waals surface area (Å²) in [6.45, 7) is 1.30. The summed E-state index contributed by atoms with van der Waals surface area (Å²) < 4.78 is 7.43. The second-order valence-corrected chi connectivity index (χ2v) is 12.9. The van der Waals surface area contributed by atoms with Crippen molar-refractivity contribution in [2.45, 2.75) is 115 Å². The van der Waals surface area contributed by atoms with Gasteiger partial charge in [0.2, 0.25) is 0 Å². The molecule has 4 fully saturated rings. The van der Waals surface area contributed by atoms with Crippen molar-refractivity contribution in [1.82, 2.24) is 0 Å². The summed E-state index contributed by atoms with van der Waals surface area (Å²) in [6, 6.07) is 0. The van der Waals surface area contributed by atoms with Gasteiger partial charge in [-0.2, -0.15) is 0 Å². The van der Waals surface area contributed by atoms with Gasteiger partial charge in [-0.15, -0.1) is 0 Å². The summed E-state index contributed by atoms with van der Waals surface area (Å²) in [7, 11) is 0. The Bertz CT molecular complexity index is 469. The first-order valence-corrected chi connectivity index (χ1v) is 15.2. The summed E-state index contributed by atoms with van der Waals surface area (Å²) in [6.07, 6.45) is 19.0. The maximum absolute atomic E-state index is 9.70.